The average Bonchev–Trinajstić information content (AvgIpc) is 2.28. The van der Waals surface area contributed by atoms with Gasteiger partial charge in [0, 0.05) is 11.8 Å². The first-order valence-corrected chi connectivity index (χ1v) is 4.84. The second-order valence-corrected chi connectivity index (χ2v) is 3.51. The molecule has 1 aromatic heterocycles. The van der Waals surface area contributed by atoms with E-state index < -0.39 is 17.3 Å². The molecule has 0 bridgehead atoms. The van der Waals surface area contributed by atoms with Crippen LogP contribution in [0.3, 0.4) is 0 Å². The molecule has 0 aliphatic carbocycles. The van der Waals surface area contributed by atoms with Crippen LogP contribution >= 0.6 is 0 Å². The Morgan fingerprint density at radius 3 is 2.24 bits per heavy atom. The zero-order valence-corrected chi connectivity index (χ0v) is 8.58. The fourth-order valence-electron chi connectivity index (χ4n) is 1.48. The van der Waals surface area contributed by atoms with Crippen molar-refractivity contribution in [3.05, 3.63) is 58.4 Å². The molecule has 0 unspecified atom stereocenters. The molecule has 0 amide bonds. The third kappa shape index (κ3) is 2.55. The molecule has 88 valence electrons. The number of aromatic amines is 1. The van der Waals surface area contributed by atoms with E-state index in [-0.39, 0.29) is 5.69 Å². The van der Waals surface area contributed by atoms with E-state index in [4.69, 9.17) is 0 Å². The summed E-state index contributed by atoms with van der Waals surface area (Å²) >= 11 is 0. The lowest BCUT2D eigenvalue weighted by Gasteiger charge is -2.08. The molecule has 0 aliphatic heterocycles. The fourth-order valence-corrected chi connectivity index (χ4v) is 1.48. The average molecular weight is 239 g/mol. The van der Waals surface area contributed by atoms with E-state index >= 15 is 0 Å². The molecule has 0 saturated heterocycles. The monoisotopic (exact) mass is 239 g/mol. The number of H-pyrrole nitrogens is 1. The topological polar surface area (TPSA) is 32.9 Å². The highest BCUT2D eigenvalue weighted by Gasteiger charge is 2.31. The lowest BCUT2D eigenvalue weighted by molar-refractivity contribution is -0.137. The number of halogens is 3. The number of hydrogen-bond acceptors (Lipinski definition) is 1. The highest BCUT2D eigenvalue weighted by Crippen LogP contribution is 2.30. The predicted molar refractivity (Wildman–Crippen MR) is 57.5 cm³/mol. The van der Waals surface area contributed by atoms with Crippen LogP contribution in [0.4, 0.5) is 13.2 Å². The molecule has 17 heavy (non-hydrogen) atoms. The SMILES string of the molecule is O=c1cc(C(F)(F)F)cc(-c2ccccc2)[nH]1. The summed E-state index contributed by atoms with van der Waals surface area (Å²) in [6.45, 7) is 0. The Labute approximate surface area is 94.7 Å². The van der Waals surface area contributed by atoms with Crippen molar-refractivity contribution < 1.29 is 13.2 Å². The van der Waals surface area contributed by atoms with Crippen molar-refractivity contribution in [1.29, 1.82) is 0 Å². The quantitative estimate of drug-likeness (QED) is 0.815. The van der Waals surface area contributed by atoms with Gasteiger partial charge in [0.2, 0.25) is 5.56 Å². The zero-order chi connectivity index (χ0) is 12.5. The van der Waals surface area contributed by atoms with Gasteiger partial charge in [-0.3, -0.25) is 4.79 Å². The third-order valence-corrected chi connectivity index (χ3v) is 2.26. The van der Waals surface area contributed by atoms with Gasteiger partial charge in [-0.2, -0.15) is 13.2 Å². The Morgan fingerprint density at radius 2 is 1.65 bits per heavy atom. The number of benzene rings is 1. The van der Waals surface area contributed by atoms with Crippen molar-refractivity contribution >= 4 is 0 Å². The predicted octanol–water partition coefficient (Wildman–Crippen LogP) is 3.06. The molecule has 1 heterocycles. The van der Waals surface area contributed by atoms with Crippen molar-refractivity contribution in [2.75, 3.05) is 0 Å². The van der Waals surface area contributed by atoms with Gasteiger partial charge in [0.25, 0.3) is 0 Å². The van der Waals surface area contributed by atoms with E-state index in [0.29, 0.717) is 11.6 Å². The number of hydrogen-bond donors (Lipinski definition) is 1. The standard InChI is InChI=1S/C12H8F3NO/c13-12(14,15)9-6-10(16-11(17)7-9)8-4-2-1-3-5-8/h1-7H,(H,16,17). The lowest BCUT2D eigenvalue weighted by Crippen LogP contribution is -2.13. The first-order valence-electron chi connectivity index (χ1n) is 4.84. The van der Waals surface area contributed by atoms with Crippen LogP contribution in [0.5, 0.6) is 0 Å². The lowest BCUT2D eigenvalue weighted by atomic mass is 10.1. The Kier molecular flexibility index (Phi) is 2.75. The minimum Gasteiger partial charge on any atom is -0.322 e. The van der Waals surface area contributed by atoms with Gasteiger partial charge < -0.3 is 4.98 Å². The van der Waals surface area contributed by atoms with Crippen molar-refractivity contribution in [3.63, 3.8) is 0 Å². The number of rotatable bonds is 1. The van der Waals surface area contributed by atoms with E-state index in [2.05, 4.69) is 4.98 Å². The van der Waals surface area contributed by atoms with E-state index in [1.807, 2.05) is 0 Å². The molecular formula is C12H8F3NO. The van der Waals surface area contributed by atoms with Gasteiger partial charge in [-0.15, -0.1) is 0 Å². The molecule has 2 nitrogen and oxygen atoms in total. The molecule has 2 rings (SSSR count). The number of pyridine rings is 1. The number of alkyl halides is 3. The van der Waals surface area contributed by atoms with Gasteiger partial charge in [-0.1, -0.05) is 30.3 Å². The van der Waals surface area contributed by atoms with E-state index in [1.54, 1.807) is 30.3 Å². The van der Waals surface area contributed by atoms with Gasteiger partial charge in [-0.05, 0) is 11.6 Å². The maximum Gasteiger partial charge on any atom is 0.416 e. The Balaban J connectivity index is 2.58. The molecule has 0 atom stereocenters. The summed E-state index contributed by atoms with van der Waals surface area (Å²) in [4.78, 5) is 13.6. The van der Waals surface area contributed by atoms with Crippen molar-refractivity contribution in [2.45, 2.75) is 6.18 Å². The summed E-state index contributed by atoms with van der Waals surface area (Å²) in [6, 6.07) is 9.86. The molecule has 5 heteroatoms. The van der Waals surface area contributed by atoms with Crippen LogP contribution in [0.2, 0.25) is 0 Å². The zero-order valence-electron chi connectivity index (χ0n) is 8.58. The third-order valence-electron chi connectivity index (χ3n) is 2.26. The minimum absolute atomic E-state index is 0.158. The Hall–Kier alpha value is -2.04. The van der Waals surface area contributed by atoms with Crippen molar-refractivity contribution in [1.82, 2.24) is 4.98 Å². The first-order chi connectivity index (χ1) is 7.97. The molecule has 2 aromatic rings. The summed E-state index contributed by atoms with van der Waals surface area (Å²) < 4.78 is 37.5. The number of nitrogens with one attached hydrogen (secondary N) is 1. The molecule has 0 fully saturated rings. The maximum atomic E-state index is 12.5. The smallest absolute Gasteiger partial charge is 0.322 e. The molecule has 1 N–H and O–H groups in total. The summed E-state index contributed by atoms with van der Waals surface area (Å²) in [7, 11) is 0. The van der Waals surface area contributed by atoms with Gasteiger partial charge in [0.1, 0.15) is 0 Å². The van der Waals surface area contributed by atoms with Crippen LogP contribution in [0, 0.1) is 0 Å². The van der Waals surface area contributed by atoms with Crippen LogP contribution in [0.1, 0.15) is 5.56 Å². The molecule has 1 aromatic carbocycles. The van der Waals surface area contributed by atoms with Gasteiger partial charge in [-0.25, -0.2) is 0 Å². The summed E-state index contributed by atoms with van der Waals surface area (Å²) in [5, 5.41) is 0. The second-order valence-electron chi connectivity index (χ2n) is 3.51. The van der Waals surface area contributed by atoms with E-state index in [0.717, 1.165) is 6.07 Å². The first kappa shape index (κ1) is 11.4. The highest BCUT2D eigenvalue weighted by atomic mass is 19.4. The van der Waals surface area contributed by atoms with Crippen LogP contribution < -0.4 is 5.56 Å². The second kappa shape index (κ2) is 4.08. The minimum atomic E-state index is -4.52. The molecule has 0 spiro atoms. The van der Waals surface area contributed by atoms with Crippen LogP contribution in [-0.4, -0.2) is 4.98 Å². The summed E-state index contributed by atoms with van der Waals surface area (Å²) in [5.41, 5.74) is -1.01. The molecule has 0 saturated carbocycles. The highest BCUT2D eigenvalue weighted by molar-refractivity contribution is 5.59. The summed E-state index contributed by atoms with van der Waals surface area (Å²) in [6.07, 6.45) is -4.52. The fraction of sp³-hybridized carbons (Fsp3) is 0.0833. The summed E-state index contributed by atoms with van der Waals surface area (Å²) in [5.74, 6) is 0. The van der Waals surface area contributed by atoms with Crippen LogP contribution in [-0.2, 0) is 6.18 Å². The van der Waals surface area contributed by atoms with Gasteiger partial charge >= 0.3 is 6.18 Å². The molecule has 0 radical (unpaired) electrons. The van der Waals surface area contributed by atoms with Gasteiger partial charge in [0.05, 0.1) is 5.56 Å². The molecule has 0 aliphatic rings. The van der Waals surface area contributed by atoms with Crippen molar-refractivity contribution in [2.24, 2.45) is 0 Å². The van der Waals surface area contributed by atoms with Crippen molar-refractivity contribution in [3.8, 4) is 11.3 Å². The van der Waals surface area contributed by atoms with Crippen LogP contribution in [0.15, 0.2) is 47.3 Å². The Bertz CT molecular complexity index is 572. The molecular weight excluding hydrogens is 231 g/mol. The largest absolute Gasteiger partial charge is 0.416 e. The van der Waals surface area contributed by atoms with Crippen LogP contribution in [0.25, 0.3) is 11.3 Å². The van der Waals surface area contributed by atoms with Gasteiger partial charge in [0.15, 0.2) is 0 Å². The van der Waals surface area contributed by atoms with E-state index in [9.17, 15) is 18.0 Å². The van der Waals surface area contributed by atoms with E-state index in [1.165, 1.54) is 0 Å². The number of aromatic nitrogens is 1. The maximum absolute atomic E-state index is 12.5. The Morgan fingerprint density at radius 1 is 1.00 bits per heavy atom. The normalized spacial score (nSPS) is 11.5.